The fourth-order valence-electron chi connectivity index (χ4n) is 2.46. The van der Waals surface area contributed by atoms with Crippen LogP contribution in [-0.4, -0.2) is 21.5 Å². The molecule has 24 heavy (non-hydrogen) atoms. The molecule has 0 atom stereocenters. The number of rotatable bonds is 6. The lowest BCUT2D eigenvalue weighted by atomic mass is 10.2. The highest BCUT2D eigenvalue weighted by atomic mass is 35.5. The van der Waals surface area contributed by atoms with Gasteiger partial charge in [0.2, 0.25) is 0 Å². The first-order valence-electron chi connectivity index (χ1n) is 7.49. The predicted octanol–water partition coefficient (Wildman–Crippen LogP) is 3.85. The molecule has 0 aliphatic rings. The minimum Gasteiger partial charge on any atom is -0.469 e. The third kappa shape index (κ3) is 3.44. The summed E-state index contributed by atoms with van der Waals surface area (Å²) < 4.78 is 20.1. The molecule has 2 aromatic heterocycles. The lowest BCUT2D eigenvalue weighted by Crippen LogP contribution is -2.10. The van der Waals surface area contributed by atoms with E-state index in [4.69, 9.17) is 16.0 Å². The summed E-state index contributed by atoms with van der Waals surface area (Å²) >= 11 is 6.05. The highest BCUT2D eigenvalue weighted by Gasteiger charge is 2.13. The molecule has 3 rings (SSSR count). The van der Waals surface area contributed by atoms with Crippen molar-refractivity contribution in [1.29, 1.82) is 0 Å². The van der Waals surface area contributed by atoms with Crippen LogP contribution in [0.2, 0.25) is 5.02 Å². The van der Waals surface area contributed by atoms with Crippen molar-refractivity contribution >= 4 is 17.4 Å². The van der Waals surface area contributed by atoms with Crippen LogP contribution in [-0.2, 0) is 13.1 Å². The number of aryl methyl sites for hydroxylation is 1. The summed E-state index contributed by atoms with van der Waals surface area (Å²) in [6, 6.07) is 8.02. The molecule has 126 valence electrons. The Labute approximate surface area is 143 Å². The molecule has 2 N–H and O–H groups in total. The second-order valence-electron chi connectivity index (χ2n) is 5.34. The van der Waals surface area contributed by atoms with Crippen molar-refractivity contribution in [2.24, 2.45) is 0 Å². The third-order valence-electron chi connectivity index (χ3n) is 3.70. The zero-order valence-electron chi connectivity index (χ0n) is 13.1. The lowest BCUT2D eigenvalue weighted by Gasteiger charge is -2.09. The van der Waals surface area contributed by atoms with Gasteiger partial charge in [0.15, 0.2) is 0 Å². The van der Waals surface area contributed by atoms with Crippen molar-refractivity contribution in [3.8, 4) is 11.3 Å². The van der Waals surface area contributed by atoms with E-state index in [0.29, 0.717) is 18.1 Å². The van der Waals surface area contributed by atoms with E-state index < -0.39 is 0 Å². The molecule has 3 aromatic rings. The normalized spacial score (nSPS) is 11.0. The Balaban J connectivity index is 1.84. The minimum atomic E-state index is -0.369. The van der Waals surface area contributed by atoms with Gasteiger partial charge in [-0.3, -0.25) is 0 Å². The van der Waals surface area contributed by atoms with Gasteiger partial charge in [-0.15, -0.1) is 0 Å². The summed E-state index contributed by atoms with van der Waals surface area (Å²) in [4.78, 5) is 0. The monoisotopic (exact) mass is 349 g/mol. The summed E-state index contributed by atoms with van der Waals surface area (Å²) in [5, 5.41) is 17.3. The fraction of sp³-hybridized carbons (Fsp3) is 0.235. The van der Waals surface area contributed by atoms with Crippen molar-refractivity contribution in [3.63, 3.8) is 0 Å². The molecule has 0 aliphatic carbocycles. The summed E-state index contributed by atoms with van der Waals surface area (Å²) in [6.45, 7) is 2.61. The maximum atomic E-state index is 13.1. The average Bonchev–Trinajstić information content (AvgIpc) is 3.13. The average molecular weight is 350 g/mol. The van der Waals surface area contributed by atoms with Gasteiger partial charge in [-0.25, -0.2) is 9.07 Å². The molecule has 0 unspecified atom stereocenters. The highest BCUT2D eigenvalue weighted by Crippen LogP contribution is 2.26. The molecule has 2 heterocycles. The number of nitrogens with zero attached hydrogens (tertiary/aromatic N) is 2. The van der Waals surface area contributed by atoms with Crippen LogP contribution >= 0.6 is 11.6 Å². The second-order valence-corrected chi connectivity index (χ2v) is 5.75. The van der Waals surface area contributed by atoms with Crippen molar-refractivity contribution in [2.75, 3.05) is 11.9 Å². The molecular formula is C17H17ClFN3O2. The number of aliphatic hydroxyl groups is 1. The van der Waals surface area contributed by atoms with Gasteiger partial charge in [0, 0.05) is 23.2 Å². The van der Waals surface area contributed by atoms with Crippen LogP contribution in [0.15, 0.2) is 41.0 Å². The first-order valence-corrected chi connectivity index (χ1v) is 7.87. The number of furan rings is 1. The van der Waals surface area contributed by atoms with E-state index in [1.807, 2.05) is 19.1 Å². The molecule has 0 saturated carbocycles. The summed E-state index contributed by atoms with van der Waals surface area (Å²) in [7, 11) is 0. The van der Waals surface area contributed by atoms with Gasteiger partial charge in [-0.2, -0.15) is 5.10 Å². The smallest absolute Gasteiger partial charge is 0.125 e. The number of aromatic nitrogens is 2. The Hall–Kier alpha value is -2.31. The Kier molecular flexibility index (Phi) is 4.87. The summed E-state index contributed by atoms with van der Waals surface area (Å²) in [5.74, 6) is 1.14. The van der Waals surface area contributed by atoms with E-state index >= 15 is 0 Å². The van der Waals surface area contributed by atoms with E-state index in [-0.39, 0.29) is 12.4 Å². The maximum absolute atomic E-state index is 13.1. The number of aliphatic hydroxyl groups excluding tert-OH is 1. The predicted molar refractivity (Wildman–Crippen MR) is 90.5 cm³/mol. The number of nitrogens with one attached hydrogen (secondary N) is 1. The molecule has 0 aliphatic heterocycles. The van der Waals surface area contributed by atoms with Crippen LogP contribution in [0, 0.1) is 12.7 Å². The number of hydrogen-bond acceptors (Lipinski definition) is 4. The number of halogens is 2. The molecule has 0 amide bonds. The van der Waals surface area contributed by atoms with Gasteiger partial charge in [0.1, 0.15) is 17.4 Å². The Morgan fingerprint density at radius 2 is 2.17 bits per heavy atom. The van der Waals surface area contributed by atoms with Gasteiger partial charge in [0.05, 0.1) is 25.1 Å². The molecular weight excluding hydrogens is 333 g/mol. The van der Waals surface area contributed by atoms with E-state index in [1.165, 1.54) is 12.1 Å². The van der Waals surface area contributed by atoms with Crippen LogP contribution in [0.5, 0.6) is 0 Å². The van der Waals surface area contributed by atoms with E-state index in [2.05, 4.69) is 10.4 Å². The SMILES string of the molecule is Cc1occc1-c1cc(NCc2ccc(F)cc2Cl)n(CCO)n1. The Morgan fingerprint density at radius 1 is 1.33 bits per heavy atom. The zero-order valence-corrected chi connectivity index (χ0v) is 13.8. The zero-order chi connectivity index (χ0) is 17.1. The van der Waals surface area contributed by atoms with Crippen molar-refractivity contribution in [3.05, 3.63) is 58.8 Å². The second kappa shape index (κ2) is 7.07. The van der Waals surface area contributed by atoms with Gasteiger partial charge >= 0.3 is 0 Å². The fourth-order valence-corrected chi connectivity index (χ4v) is 2.69. The molecule has 0 bridgehead atoms. The minimum absolute atomic E-state index is 0.0303. The highest BCUT2D eigenvalue weighted by molar-refractivity contribution is 6.31. The van der Waals surface area contributed by atoms with Crippen molar-refractivity contribution in [1.82, 2.24) is 9.78 Å². The standard InChI is InChI=1S/C17H17ClFN3O2/c1-11-14(4-7-24-11)16-9-17(22(21-16)5-6-23)20-10-12-2-3-13(19)8-15(12)18/h2-4,7-9,20,23H,5-6,10H2,1H3. The Bertz CT molecular complexity index is 844. The molecule has 1 aromatic carbocycles. The summed E-state index contributed by atoms with van der Waals surface area (Å²) in [6.07, 6.45) is 1.61. The number of benzene rings is 1. The van der Waals surface area contributed by atoms with Gasteiger partial charge in [0.25, 0.3) is 0 Å². The molecule has 7 heteroatoms. The van der Waals surface area contributed by atoms with Crippen molar-refractivity contribution < 1.29 is 13.9 Å². The first kappa shape index (κ1) is 16.5. The Morgan fingerprint density at radius 3 is 2.83 bits per heavy atom. The van der Waals surface area contributed by atoms with Crippen LogP contribution in [0.3, 0.4) is 0 Å². The van der Waals surface area contributed by atoms with Gasteiger partial charge < -0.3 is 14.8 Å². The summed E-state index contributed by atoms with van der Waals surface area (Å²) in [5.41, 5.74) is 2.42. The lowest BCUT2D eigenvalue weighted by molar-refractivity contribution is 0.270. The van der Waals surface area contributed by atoms with Crippen LogP contribution in [0.1, 0.15) is 11.3 Å². The molecule has 5 nitrogen and oxygen atoms in total. The maximum Gasteiger partial charge on any atom is 0.125 e. The van der Waals surface area contributed by atoms with E-state index in [9.17, 15) is 9.50 Å². The van der Waals surface area contributed by atoms with Crippen molar-refractivity contribution in [2.45, 2.75) is 20.0 Å². The molecule has 0 fully saturated rings. The quantitative estimate of drug-likeness (QED) is 0.709. The van der Waals surface area contributed by atoms with Crippen LogP contribution < -0.4 is 5.32 Å². The van der Waals surface area contributed by atoms with E-state index in [0.717, 1.165) is 28.4 Å². The largest absolute Gasteiger partial charge is 0.469 e. The third-order valence-corrected chi connectivity index (χ3v) is 4.05. The number of hydrogen-bond donors (Lipinski definition) is 2. The van der Waals surface area contributed by atoms with E-state index in [1.54, 1.807) is 17.0 Å². The van der Waals surface area contributed by atoms with Gasteiger partial charge in [-0.1, -0.05) is 17.7 Å². The van der Waals surface area contributed by atoms with Crippen LogP contribution in [0.4, 0.5) is 10.2 Å². The molecule has 0 radical (unpaired) electrons. The number of anilines is 1. The molecule has 0 saturated heterocycles. The van der Waals surface area contributed by atoms with Gasteiger partial charge in [-0.05, 0) is 30.7 Å². The topological polar surface area (TPSA) is 63.2 Å². The first-order chi connectivity index (χ1) is 11.6. The van der Waals surface area contributed by atoms with Crippen LogP contribution in [0.25, 0.3) is 11.3 Å². The molecule has 0 spiro atoms.